The van der Waals surface area contributed by atoms with E-state index in [-0.39, 0.29) is 40.5 Å². The average molecular weight is 385 g/mol. The Morgan fingerprint density at radius 1 is 1.26 bits per heavy atom. The molecule has 1 aliphatic heterocycles. The molecule has 0 aromatic heterocycles. The summed E-state index contributed by atoms with van der Waals surface area (Å²) in [5.41, 5.74) is 5.84. The van der Waals surface area contributed by atoms with Gasteiger partial charge in [0.2, 0.25) is 10.0 Å². The number of hydrogen-bond acceptors (Lipinski definition) is 6. The molecule has 1 aromatic carbocycles. The standard InChI is InChI=1S/C13H20N2O5S2.ClH/c1-20-12-6-5-11(21(2,16)17)8-13(12)22(18,19)15-7-3-4-10(14)9-15;/h5-6,8,10H,3-4,7,9,14H2,1-2H3;1H/t10-;/m1./s1. The molecular formula is C13H21ClN2O5S2. The molecule has 2 rings (SSSR count). The zero-order valence-corrected chi connectivity index (χ0v) is 15.4. The van der Waals surface area contributed by atoms with Gasteiger partial charge in [-0.1, -0.05) is 0 Å². The Morgan fingerprint density at radius 3 is 2.43 bits per heavy atom. The Bertz CT molecular complexity index is 765. The first-order valence-corrected chi connectivity index (χ1v) is 10.1. The van der Waals surface area contributed by atoms with Gasteiger partial charge in [-0.15, -0.1) is 12.4 Å². The Labute approximate surface area is 143 Å². The molecule has 10 heteroatoms. The SMILES string of the molecule is COc1ccc(S(C)(=O)=O)cc1S(=O)(=O)N1CCC[C@@H](N)C1.Cl. The van der Waals surface area contributed by atoms with Crippen molar-refractivity contribution in [3.63, 3.8) is 0 Å². The molecule has 1 heterocycles. The van der Waals surface area contributed by atoms with E-state index < -0.39 is 19.9 Å². The maximum Gasteiger partial charge on any atom is 0.246 e. The topological polar surface area (TPSA) is 107 Å². The number of hydrogen-bond donors (Lipinski definition) is 1. The van der Waals surface area contributed by atoms with Crippen LogP contribution in [0.15, 0.2) is 28.0 Å². The van der Waals surface area contributed by atoms with Gasteiger partial charge in [0.05, 0.1) is 12.0 Å². The normalized spacial score (nSPS) is 19.9. The molecule has 0 aliphatic carbocycles. The lowest BCUT2D eigenvalue weighted by Crippen LogP contribution is -2.45. The quantitative estimate of drug-likeness (QED) is 0.816. The molecule has 132 valence electrons. The number of halogens is 1. The molecule has 23 heavy (non-hydrogen) atoms. The minimum Gasteiger partial charge on any atom is -0.495 e. The van der Waals surface area contributed by atoms with Crippen LogP contribution in [0.1, 0.15) is 12.8 Å². The van der Waals surface area contributed by atoms with Gasteiger partial charge in [-0.05, 0) is 31.0 Å². The lowest BCUT2D eigenvalue weighted by atomic mass is 10.1. The molecule has 0 saturated carbocycles. The number of methoxy groups -OCH3 is 1. The molecule has 0 spiro atoms. The van der Waals surface area contributed by atoms with E-state index in [1.54, 1.807) is 0 Å². The van der Waals surface area contributed by atoms with E-state index in [4.69, 9.17) is 10.5 Å². The largest absolute Gasteiger partial charge is 0.495 e. The molecule has 1 saturated heterocycles. The Kier molecular flexibility index (Phi) is 6.45. The van der Waals surface area contributed by atoms with Crippen molar-refractivity contribution in [3.05, 3.63) is 18.2 Å². The summed E-state index contributed by atoms with van der Waals surface area (Å²) in [6.45, 7) is 0.580. The van der Waals surface area contributed by atoms with Crippen molar-refractivity contribution in [2.24, 2.45) is 5.73 Å². The second kappa shape index (κ2) is 7.35. The summed E-state index contributed by atoms with van der Waals surface area (Å²) in [6.07, 6.45) is 2.48. The predicted molar refractivity (Wildman–Crippen MR) is 89.3 cm³/mol. The third-order valence-corrected chi connectivity index (χ3v) is 6.60. The second-order valence-electron chi connectivity index (χ2n) is 5.35. The van der Waals surface area contributed by atoms with Crippen LogP contribution in [0, 0.1) is 0 Å². The van der Waals surface area contributed by atoms with E-state index in [9.17, 15) is 16.8 Å². The zero-order valence-electron chi connectivity index (χ0n) is 12.9. The molecule has 1 fully saturated rings. The van der Waals surface area contributed by atoms with Crippen molar-refractivity contribution >= 4 is 32.3 Å². The van der Waals surface area contributed by atoms with E-state index in [2.05, 4.69) is 0 Å². The molecular weight excluding hydrogens is 364 g/mol. The summed E-state index contributed by atoms with van der Waals surface area (Å²) in [7, 11) is -6.03. The van der Waals surface area contributed by atoms with E-state index >= 15 is 0 Å². The molecule has 2 N–H and O–H groups in total. The summed E-state index contributed by atoms with van der Waals surface area (Å²) in [5, 5.41) is 0. The molecule has 0 unspecified atom stereocenters. The zero-order chi connectivity index (χ0) is 16.5. The van der Waals surface area contributed by atoms with Gasteiger partial charge in [-0.2, -0.15) is 4.31 Å². The fraction of sp³-hybridized carbons (Fsp3) is 0.538. The van der Waals surface area contributed by atoms with Crippen LogP contribution < -0.4 is 10.5 Å². The Hall–Kier alpha value is -0.870. The van der Waals surface area contributed by atoms with E-state index in [1.165, 1.54) is 23.5 Å². The second-order valence-corrected chi connectivity index (χ2v) is 9.27. The monoisotopic (exact) mass is 384 g/mol. The number of ether oxygens (including phenoxy) is 1. The van der Waals surface area contributed by atoms with Gasteiger partial charge in [0, 0.05) is 25.4 Å². The van der Waals surface area contributed by atoms with Crippen molar-refractivity contribution in [1.82, 2.24) is 4.31 Å². The van der Waals surface area contributed by atoms with Gasteiger partial charge in [-0.25, -0.2) is 16.8 Å². The van der Waals surface area contributed by atoms with Crippen molar-refractivity contribution < 1.29 is 21.6 Å². The van der Waals surface area contributed by atoms with Crippen LogP contribution in [0.5, 0.6) is 5.75 Å². The van der Waals surface area contributed by atoms with Crippen LogP contribution in [0.25, 0.3) is 0 Å². The van der Waals surface area contributed by atoms with Crippen LogP contribution >= 0.6 is 12.4 Å². The smallest absolute Gasteiger partial charge is 0.246 e. The first-order valence-electron chi connectivity index (χ1n) is 6.80. The lowest BCUT2D eigenvalue weighted by molar-refractivity contribution is 0.314. The summed E-state index contributed by atoms with van der Waals surface area (Å²) < 4.78 is 55.3. The highest BCUT2D eigenvalue weighted by Gasteiger charge is 2.32. The molecule has 7 nitrogen and oxygen atoms in total. The van der Waals surface area contributed by atoms with Gasteiger partial charge in [0.25, 0.3) is 0 Å². The molecule has 1 aliphatic rings. The summed E-state index contributed by atoms with van der Waals surface area (Å²) in [5.74, 6) is 0.117. The number of benzene rings is 1. The van der Waals surface area contributed by atoms with Gasteiger partial charge in [0.1, 0.15) is 10.6 Å². The minimum atomic E-state index is -3.86. The highest BCUT2D eigenvalue weighted by Crippen LogP contribution is 2.30. The maximum atomic E-state index is 12.8. The summed E-state index contributed by atoms with van der Waals surface area (Å²) in [6, 6.07) is 3.61. The minimum absolute atomic E-state index is 0. The van der Waals surface area contributed by atoms with Crippen LogP contribution in [-0.4, -0.2) is 53.6 Å². The van der Waals surface area contributed by atoms with Crippen molar-refractivity contribution in [1.29, 1.82) is 0 Å². The number of sulfone groups is 1. The van der Waals surface area contributed by atoms with Gasteiger partial charge >= 0.3 is 0 Å². The fourth-order valence-corrected chi connectivity index (χ4v) is 4.86. The highest BCUT2D eigenvalue weighted by atomic mass is 35.5. The van der Waals surface area contributed by atoms with Crippen LogP contribution in [0.4, 0.5) is 0 Å². The third kappa shape index (κ3) is 4.36. The predicted octanol–water partition coefficient (Wildman–Crippen LogP) is 0.632. The number of nitrogens with two attached hydrogens (primary N) is 1. The number of nitrogens with zero attached hydrogens (tertiary/aromatic N) is 1. The molecule has 0 radical (unpaired) electrons. The van der Waals surface area contributed by atoms with E-state index in [1.807, 2.05) is 0 Å². The molecule has 1 atom stereocenters. The number of rotatable bonds is 4. The first-order chi connectivity index (χ1) is 10.2. The Balaban J connectivity index is 0.00000264. The van der Waals surface area contributed by atoms with Gasteiger partial charge < -0.3 is 10.5 Å². The maximum absolute atomic E-state index is 12.8. The van der Waals surface area contributed by atoms with Crippen molar-refractivity contribution in [2.45, 2.75) is 28.7 Å². The van der Waals surface area contributed by atoms with E-state index in [0.29, 0.717) is 13.0 Å². The molecule has 0 amide bonds. The van der Waals surface area contributed by atoms with Crippen molar-refractivity contribution in [2.75, 3.05) is 26.5 Å². The first kappa shape index (κ1) is 20.2. The van der Waals surface area contributed by atoms with Gasteiger partial charge in [-0.3, -0.25) is 0 Å². The lowest BCUT2D eigenvalue weighted by Gasteiger charge is -2.30. The van der Waals surface area contributed by atoms with Gasteiger partial charge in [0.15, 0.2) is 9.84 Å². The summed E-state index contributed by atoms with van der Waals surface area (Å²) in [4.78, 5) is -0.208. The van der Waals surface area contributed by atoms with Crippen LogP contribution in [0.3, 0.4) is 0 Å². The van der Waals surface area contributed by atoms with E-state index in [0.717, 1.165) is 18.7 Å². The highest BCUT2D eigenvalue weighted by molar-refractivity contribution is 7.91. The average Bonchev–Trinajstić information content (AvgIpc) is 2.45. The van der Waals surface area contributed by atoms with Crippen LogP contribution in [0.2, 0.25) is 0 Å². The van der Waals surface area contributed by atoms with Crippen LogP contribution in [-0.2, 0) is 19.9 Å². The number of piperidine rings is 1. The fourth-order valence-electron chi connectivity index (χ4n) is 2.42. The Morgan fingerprint density at radius 2 is 1.91 bits per heavy atom. The molecule has 0 bridgehead atoms. The van der Waals surface area contributed by atoms with Crippen molar-refractivity contribution in [3.8, 4) is 5.75 Å². The number of sulfonamides is 1. The summed E-state index contributed by atoms with van der Waals surface area (Å²) >= 11 is 0. The molecule has 1 aromatic rings. The third-order valence-electron chi connectivity index (χ3n) is 3.60.